The van der Waals surface area contributed by atoms with Crippen molar-refractivity contribution < 1.29 is 0 Å². The summed E-state index contributed by atoms with van der Waals surface area (Å²) in [4.78, 5) is 15.2. The van der Waals surface area contributed by atoms with Crippen LogP contribution >= 0.6 is 0 Å². The first-order valence-electron chi connectivity index (χ1n) is 12.1. The zero-order chi connectivity index (χ0) is 23.6. The highest BCUT2D eigenvalue weighted by molar-refractivity contribution is 6.19. The Bertz CT molecular complexity index is 2160. The van der Waals surface area contributed by atoms with E-state index in [9.17, 15) is 0 Å². The third-order valence-electron chi connectivity index (χ3n) is 7.23. The van der Waals surface area contributed by atoms with Gasteiger partial charge in [-0.25, -0.2) is 9.97 Å². The lowest BCUT2D eigenvalue weighted by Crippen LogP contribution is -1.95. The second-order valence-corrected chi connectivity index (χ2v) is 9.27. The molecule has 3 nitrogen and oxygen atoms in total. The molecule has 8 rings (SSSR count). The zero-order valence-electron chi connectivity index (χ0n) is 19.3. The van der Waals surface area contributed by atoms with Gasteiger partial charge in [0.2, 0.25) is 0 Å². The molecule has 0 aliphatic heterocycles. The van der Waals surface area contributed by atoms with Crippen molar-refractivity contribution in [1.29, 1.82) is 0 Å². The van der Waals surface area contributed by atoms with Gasteiger partial charge in [0.1, 0.15) is 0 Å². The summed E-state index contributed by atoms with van der Waals surface area (Å²) in [5.74, 6) is 0. The maximum absolute atomic E-state index is 5.26. The van der Waals surface area contributed by atoms with Crippen LogP contribution in [-0.4, -0.2) is 15.0 Å². The predicted molar refractivity (Wildman–Crippen MR) is 150 cm³/mol. The maximum atomic E-state index is 5.26. The number of hydrogen-bond acceptors (Lipinski definition) is 3. The molecule has 0 unspecified atom stereocenters. The van der Waals surface area contributed by atoms with Crippen molar-refractivity contribution in [3.63, 3.8) is 0 Å². The van der Waals surface area contributed by atoms with Crippen molar-refractivity contribution in [1.82, 2.24) is 15.0 Å². The first-order chi connectivity index (χ1) is 17.8. The summed E-state index contributed by atoms with van der Waals surface area (Å²) in [5.41, 5.74) is 5.83. The van der Waals surface area contributed by atoms with Crippen LogP contribution in [-0.2, 0) is 0 Å². The molecule has 0 atom stereocenters. The largest absolute Gasteiger partial charge is 0.254 e. The van der Waals surface area contributed by atoms with E-state index in [1.54, 1.807) is 0 Å². The lowest BCUT2D eigenvalue weighted by atomic mass is 9.93. The highest BCUT2D eigenvalue weighted by Crippen LogP contribution is 2.39. The Hall–Kier alpha value is -4.89. The topological polar surface area (TPSA) is 38.7 Å². The van der Waals surface area contributed by atoms with E-state index >= 15 is 0 Å². The van der Waals surface area contributed by atoms with Gasteiger partial charge in [-0.2, -0.15) is 0 Å². The van der Waals surface area contributed by atoms with Crippen LogP contribution in [0.2, 0.25) is 0 Å². The molecule has 3 heteroatoms. The molecule has 36 heavy (non-hydrogen) atoms. The molecule has 0 saturated heterocycles. The summed E-state index contributed by atoms with van der Waals surface area (Å²) in [6.45, 7) is 0. The fraction of sp³-hybridized carbons (Fsp3) is 0. The van der Waals surface area contributed by atoms with Crippen LogP contribution in [0.5, 0.6) is 0 Å². The van der Waals surface area contributed by atoms with Gasteiger partial charge in [-0.15, -0.1) is 0 Å². The van der Waals surface area contributed by atoms with E-state index in [2.05, 4.69) is 102 Å². The molecule has 0 saturated carbocycles. The Morgan fingerprint density at radius 2 is 1.14 bits per heavy atom. The van der Waals surface area contributed by atoms with Crippen molar-refractivity contribution in [2.24, 2.45) is 0 Å². The van der Waals surface area contributed by atoms with Crippen molar-refractivity contribution >= 4 is 65.2 Å². The van der Waals surface area contributed by atoms with E-state index in [0.717, 1.165) is 54.9 Å². The Kier molecular flexibility index (Phi) is 3.94. The number of fused-ring (bicyclic) bond motifs is 9. The number of benzene rings is 5. The van der Waals surface area contributed by atoms with Crippen molar-refractivity contribution in [2.75, 3.05) is 0 Å². The lowest BCUT2D eigenvalue weighted by Gasteiger charge is -2.15. The van der Waals surface area contributed by atoms with Gasteiger partial charge in [0.15, 0.2) is 0 Å². The van der Waals surface area contributed by atoms with Crippen LogP contribution in [0.3, 0.4) is 0 Å². The molecule has 0 fully saturated rings. The standard InChI is InChI=1S/C33H19N3/c1-2-10-23-21(8-1)18-27(25-12-4-3-11-24(23)25)33-28-19-22-16-15-20-9-7-17-34-30(20)31(22)36-32(28)26-13-5-6-14-29(26)35-33/h1-19H. The molecule has 3 heterocycles. The predicted octanol–water partition coefficient (Wildman–Crippen LogP) is 8.46. The van der Waals surface area contributed by atoms with Crippen LogP contribution in [0.15, 0.2) is 115 Å². The second-order valence-electron chi connectivity index (χ2n) is 9.27. The van der Waals surface area contributed by atoms with Gasteiger partial charge >= 0.3 is 0 Å². The van der Waals surface area contributed by atoms with Gasteiger partial charge < -0.3 is 0 Å². The molecule has 0 amide bonds. The maximum Gasteiger partial charge on any atom is 0.0972 e. The smallest absolute Gasteiger partial charge is 0.0972 e. The normalized spacial score (nSPS) is 11.9. The fourth-order valence-corrected chi connectivity index (χ4v) is 5.57. The second kappa shape index (κ2) is 7.30. The highest BCUT2D eigenvalue weighted by Gasteiger charge is 2.17. The van der Waals surface area contributed by atoms with Gasteiger partial charge in [-0.1, -0.05) is 84.9 Å². The highest BCUT2D eigenvalue weighted by atomic mass is 14.8. The Labute approximate surface area is 206 Å². The number of rotatable bonds is 1. The molecule has 0 radical (unpaired) electrons. The van der Waals surface area contributed by atoms with E-state index in [0.29, 0.717) is 0 Å². The SMILES string of the molecule is c1ccc2c(c1)cc(-c1nc3ccccc3c3nc4c(ccc5cccnc54)cc13)c1ccccc12. The van der Waals surface area contributed by atoms with Gasteiger partial charge in [0, 0.05) is 33.3 Å². The summed E-state index contributed by atoms with van der Waals surface area (Å²) in [6.07, 6.45) is 1.84. The number of aromatic nitrogens is 3. The Balaban J connectivity index is 1.59. The molecule has 0 aliphatic carbocycles. The quantitative estimate of drug-likeness (QED) is 0.183. The number of pyridine rings is 3. The summed E-state index contributed by atoms with van der Waals surface area (Å²) < 4.78 is 0. The van der Waals surface area contributed by atoms with Crippen LogP contribution < -0.4 is 0 Å². The van der Waals surface area contributed by atoms with Crippen molar-refractivity contribution in [3.05, 3.63) is 115 Å². The first-order valence-corrected chi connectivity index (χ1v) is 12.1. The average Bonchev–Trinajstić information content (AvgIpc) is 2.95. The van der Waals surface area contributed by atoms with Crippen LogP contribution in [0.4, 0.5) is 0 Å². The van der Waals surface area contributed by atoms with E-state index in [1.807, 2.05) is 18.3 Å². The lowest BCUT2D eigenvalue weighted by molar-refractivity contribution is 1.39. The molecular weight excluding hydrogens is 438 g/mol. The molecule has 0 spiro atoms. The number of nitrogens with zero attached hydrogens (tertiary/aromatic N) is 3. The summed E-state index contributed by atoms with van der Waals surface area (Å²) in [7, 11) is 0. The van der Waals surface area contributed by atoms with Crippen LogP contribution in [0.1, 0.15) is 0 Å². The minimum atomic E-state index is 0.922. The zero-order valence-corrected chi connectivity index (χ0v) is 19.3. The molecular formula is C33H19N3. The molecule has 0 aliphatic rings. The third-order valence-corrected chi connectivity index (χ3v) is 7.23. The number of para-hydroxylation sites is 1. The van der Waals surface area contributed by atoms with Gasteiger partial charge in [-0.3, -0.25) is 4.98 Å². The van der Waals surface area contributed by atoms with E-state index in [1.165, 1.54) is 21.5 Å². The molecule has 3 aromatic heterocycles. The molecule has 166 valence electrons. The summed E-state index contributed by atoms with van der Waals surface area (Å²) in [5, 5.41) is 9.15. The minimum absolute atomic E-state index is 0.922. The first kappa shape index (κ1) is 19.4. The number of hydrogen-bond donors (Lipinski definition) is 0. The fourth-order valence-electron chi connectivity index (χ4n) is 5.57. The minimum Gasteiger partial charge on any atom is -0.254 e. The van der Waals surface area contributed by atoms with Crippen molar-refractivity contribution in [3.8, 4) is 11.3 Å². The molecule has 0 bridgehead atoms. The van der Waals surface area contributed by atoms with E-state index in [-0.39, 0.29) is 0 Å². The Morgan fingerprint density at radius 3 is 2.06 bits per heavy atom. The summed E-state index contributed by atoms with van der Waals surface area (Å²) >= 11 is 0. The Morgan fingerprint density at radius 1 is 0.417 bits per heavy atom. The molecule has 5 aromatic carbocycles. The van der Waals surface area contributed by atoms with Gasteiger partial charge in [-0.05, 0) is 45.8 Å². The van der Waals surface area contributed by atoms with Crippen molar-refractivity contribution in [2.45, 2.75) is 0 Å². The monoisotopic (exact) mass is 457 g/mol. The average molecular weight is 458 g/mol. The van der Waals surface area contributed by atoms with Crippen LogP contribution in [0, 0.1) is 0 Å². The molecule has 8 aromatic rings. The van der Waals surface area contributed by atoms with E-state index in [4.69, 9.17) is 9.97 Å². The molecule has 0 N–H and O–H groups in total. The van der Waals surface area contributed by atoms with Gasteiger partial charge in [0.05, 0.1) is 27.8 Å². The van der Waals surface area contributed by atoms with E-state index < -0.39 is 0 Å². The van der Waals surface area contributed by atoms with Gasteiger partial charge in [0.25, 0.3) is 0 Å². The third kappa shape index (κ3) is 2.71. The summed E-state index contributed by atoms with van der Waals surface area (Å²) in [6, 6.07) is 38.3. The van der Waals surface area contributed by atoms with Crippen LogP contribution in [0.25, 0.3) is 76.4 Å².